The zero-order chi connectivity index (χ0) is 10.6. The Balaban J connectivity index is 2.32. The first-order chi connectivity index (χ1) is 6.52. The molecule has 1 N–H and O–H groups in total. The molecule has 0 amide bonds. The molecule has 1 heterocycles. The van der Waals surface area contributed by atoms with Crippen LogP contribution in [0.1, 0.15) is 19.6 Å². The standard InChI is InChI=1S/C9H15O4P/c1-8(2)14(10,11)13-7-5-9-4-3-6-12-9/h3-4,6,8H,5,7H2,1-2H3,(H,10,11). The van der Waals surface area contributed by atoms with Gasteiger partial charge in [0.2, 0.25) is 0 Å². The highest BCUT2D eigenvalue weighted by atomic mass is 31.2. The second-order valence-electron chi connectivity index (χ2n) is 3.32. The Bertz CT molecular complexity index is 305. The van der Waals surface area contributed by atoms with Crippen molar-refractivity contribution in [2.75, 3.05) is 6.61 Å². The van der Waals surface area contributed by atoms with Gasteiger partial charge in [-0.2, -0.15) is 0 Å². The van der Waals surface area contributed by atoms with Crippen molar-refractivity contribution in [3.05, 3.63) is 24.2 Å². The minimum Gasteiger partial charge on any atom is -0.469 e. The van der Waals surface area contributed by atoms with Gasteiger partial charge in [0.05, 0.1) is 18.5 Å². The highest BCUT2D eigenvalue weighted by Gasteiger charge is 2.23. The summed E-state index contributed by atoms with van der Waals surface area (Å²) in [6, 6.07) is 3.58. The summed E-state index contributed by atoms with van der Waals surface area (Å²) in [6.45, 7) is 3.53. The molecule has 0 saturated carbocycles. The third kappa shape index (κ3) is 3.29. The maximum absolute atomic E-state index is 11.3. The summed E-state index contributed by atoms with van der Waals surface area (Å²) in [5.74, 6) is 0.758. The van der Waals surface area contributed by atoms with E-state index in [9.17, 15) is 9.46 Å². The monoisotopic (exact) mass is 218 g/mol. The third-order valence-electron chi connectivity index (χ3n) is 1.86. The van der Waals surface area contributed by atoms with Gasteiger partial charge in [-0.25, -0.2) is 0 Å². The zero-order valence-corrected chi connectivity index (χ0v) is 9.24. The fourth-order valence-corrected chi connectivity index (χ4v) is 1.53. The van der Waals surface area contributed by atoms with Gasteiger partial charge in [0.1, 0.15) is 5.76 Å². The predicted octanol–water partition coefficient (Wildman–Crippen LogP) is 2.43. The van der Waals surface area contributed by atoms with Gasteiger partial charge in [-0.1, -0.05) is 13.8 Å². The Morgan fingerprint density at radius 3 is 2.86 bits per heavy atom. The Morgan fingerprint density at radius 1 is 1.64 bits per heavy atom. The average molecular weight is 218 g/mol. The minimum absolute atomic E-state index is 0.208. The molecule has 0 fully saturated rings. The Morgan fingerprint density at radius 2 is 2.36 bits per heavy atom. The predicted molar refractivity (Wildman–Crippen MR) is 53.3 cm³/mol. The van der Waals surface area contributed by atoms with E-state index in [0.29, 0.717) is 6.42 Å². The van der Waals surface area contributed by atoms with Crippen LogP contribution in [0.5, 0.6) is 0 Å². The molecule has 1 aromatic rings. The maximum Gasteiger partial charge on any atom is 0.330 e. The summed E-state index contributed by atoms with van der Waals surface area (Å²) < 4.78 is 21.3. The number of rotatable bonds is 5. The summed E-state index contributed by atoms with van der Waals surface area (Å²) in [7, 11) is -3.42. The SMILES string of the molecule is CC(C)P(=O)(O)OCCc1ccco1. The summed E-state index contributed by atoms with van der Waals surface area (Å²) in [4.78, 5) is 9.32. The van der Waals surface area contributed by atoms with Crippen molar-refractivity contribution in [3.63, 3.8) is 0 Å². The van der Waals surface area contributed by atoms with E-state index < -0.39 is 7.60 Å². The third-order valence-corrected chi connectivity index (χ3v) is 3.72. The van der Waals surface area contributed by atoms with E-state index >= 15 is 0 Å². The van der Waals surface area contributed by atoms with E-state index in [2.05, 4.69) is 0 Å². The molecule has 0 spiro atoms. The minimum atomic E-state index is -3.42. The van der Waals surface area contributed by atoms with Crippen molar-refractivity contribution in [2.45, 2.75) is 25.9 Å². The molecule has 14 heavy (non-hydrogen) atoms. The van der Waals surface area contributed by atoms with Gasteiger partial charge >= 0.3 is 7.60 Å². The van der Waals surface area contributed by atoms with Crippen molar-refractivity contribution in [1.29, 1.82) is 0 Å². The molecule has 80 valence electrons. The first kappa shape index (κ1) is 11.5. The van der Waals surface area contributed by atoms with Gasteiger partial charge in [-0.15, -0.1) is 0 Å². The molecule has 1 aromatic heterocycles. The molecule has 0 aromatic carbocycles. The fraction of sp³-hybridized carbons (Fsp3) is 0.556. The largest absolute Gasteiger partial charge is 0.469 e. The Labute approximate surface area is 83.4 Å². The van der Waals surface area contributed by atoms with E-state index in [0.717, 1.165) is 5.76 Å². The maximum atomic E-state index is 11.3. The van der Waals surface area contributed by atoms with E-state index in [1.165, 1.54) is 0 Å². The normalized spacial score (nSPS) is 15.7. The molecule has 1 rings (SSSR count). The lowest BCUT2D eigenvalue weighted by Crippen LogP contribution is -2.03. The van der Waals surface area contributed by atoms with Crippen molar-refractivity contribution in [3.8, 4) is 0 Å². The summed E-state index contributed by atoms with van der Waals surface area (Å²) >= 11 is 0. The Kier molecular flexibility index (Phi) is 3.93. The van der Waals surface area contributed by atoms with Gasteiger partial charge in [0, 0.05) is 6.42 Å². The van der Waals surface area contributed by atoms with Crippen LogP contribution in [-0.4, -0.2) is 17.2 Å². The molecule has 4 nitrogen and oxygen atoms in total. The number of hydrogen-bond donors (Lipinski definition) is 1. The van der Waals surface area contributed by atoms with Crippen LogP contribution >= 0.6 is 7.60 Å². The van der Waals surface area contributed by atoms with Crippen LogP contribution in [0.3, 0.4) is 0 Å². The van der Waals surface area contributed by atoms with Crippen molar-refractivity contribution in [1.82, 2.24) is 0 Å². The summed E-state index contributed by atoms with van der Waals surface area (Å²) in [6.07, 6.45) is 2.08. The molecule has 0 aliphatic rings. The molecule has 1 atom stereocenters. The molecular weight excluding hydrogens is 203 g/mol. The molecule has 1 unspecified atom stereocenters. The Hall–Kier alpha value is -0.570. The summed E-state index contributed by atoms with van der Waals surface area (Å²) in [5.41, 5.74) is -0.362. The quantitative estimate of drug-likeness (QED) is 0.771. The van der Waals surface area contributed by atoms with Crippen LogP contribution in [0.25, 0.3) is 0 Å². The van der Waals surface area contributed by atoms with E-state index in [-0.39, 0.29) is 12.3 Å². The lowest BCUT2D eigenvalue weighted by molar-refractivity contribution is 0.251. The van der Waals surface area contributed by atoms with E-state index in [1.54, 1.807) is 32.2 Å². The molecule has 0 saturated heterocycles. The molecule has 5 heteroatoms. The van der Waals surface area contributed by atoms with E-state index in [1.807, 2.05) is 0 Å². The van der Waals surface area contributed by atoms with Crippen molar-refractivity contribution < 1.29 is 18.4 Å². The molecule has 0 bridgehead atoms. The van der Waals surface area contributed by atoms with Crippen LogP contribution < -0.4 is 0 Å². The van der Waals surface area contributed by atoms with Crippen molar-refractivity contribution >= 4 is 7.60 Å². The highest BCUT2D eigenvalue weighted by Crippen LogP contribution is 2.46. The molecular formula is C9H15O4P. The topological polar surface area (TPSA) is 59.7 Å². The second-order valence-corrected chi connectivity index (χ2v) is 5.74. The molecule has 0 aliphatic heterocycles. The van der Waals surface area contributed by atoms with Gasteiger partial charge < -0.3 is 13.8 Å². The van der Waals surface area contributed by atoms with Gasteiger partial charge in [-0.05, 0) is 12.1 Å². The lowest BCUT2D eigenvalue weighted by atomic mass is 10.3. The highest BCUT2D eigenvalue weighted by molar-refractivity contribution is 7.53. The first-order valence-electron chi connectivity index (χ1n) is 4.52. The van der Waals surface area contributed by atoms with Gasteiger partial charge in [0.15, 0.2) is 0 Å². The summed E-state index contributed by atoms with van der Waals surface area (Å²) in [5, 5.41) is 0. The molecule has 0 radical (unpaired) electrons. The number of hydrogen-bond acceptors (Lipinski definition) is 3. The van der Waals surface area contributed by atoms with Crippen LogP contribution in [0.4, 0.5) is 0 Å². The van der Waals surface area contributed by atoms with Crippen molar-refractivity contribution in [2.24, 2.45) is 0 Å². The number of furan rings is 1. The van der Waals surface area contributed by atoms with Gasteiger partial charge in [-0.3, -0.25) is 4.57 Å². The first-order valence-corrected chi connectivity index (χ1v) is 6.16. The molecule has 0 aliphatic carbocycles. The van der Waals surface area contributed by atoms with Crippen LogP contribution in [0, 0.1) is 0 Å². The van der Waals surface area contributed by atoms with E-state index in [4.69, 9.17) is 8.94 Å². The lowest BCUT2D eigenvalue weighted by Gasteiger charge is -2.14. The van der Waals surface area contributed by atoms with Gasteiger partial charge in [0.25, 0.3) is 0 Å². The smallest absolute Gasteiger partial charge is 0.330 e. The average Bonchev–Trinajstić information content (AvgIpc) is 2.56. The van der Waals surface area contributed by atoms with Crippen LogP contribution in [-0.2, 0) is 15.5 Å². The second kappa shape index (κ2) is 4.78. The van der Waals surface area contributed by atoms with Crippen LogP contribution in [0.2, 0.25) is 0 Å². The fourth-order valence-electron chi connectivity index (χ4n) is 0.881. The van der Waals surface area contributed by atoms with Crippen LogP contribution in [0.15, 0.2) is 22.8 Å². The zero-order valence-electron chi connectivity index (χ0n) is 8.34.